The van der Waals surface area contributed by atoms with E-state index in [1.165, 1.54) is 0 Å². The summed E-state index contributed by atoms with van der Waals surface area (Å²) in [6, 6.07) is 7.10. The number of halogens is 1. The van der Waals surface area contributed by atoms with Crippen molar-refractivity contribution in [2.45, 2.75) is 6.54 Å². The third-order valence-corrected chi connectivity index (χ3v) is 2.72. The third-order valence-electron chi connectivity index (χ3n) is 2.28. The summed E-state index contributed by atoms with van der Waals surface area (Å²) in [5.41, 5.74) is 1.38. The van der Waals surface area contributed by atoms with Gasteiger partial charge in [-0.25, -0.2) is 4.98 Å². The zero-order chi connectivity index (χ0) is 12.3. The molecule has 2 aromatic heterocycles. The van der Waals surface area contributed by atoms with Crippen molar-refractivity contribution in [1.82, 2.24) is 9.88 Å². The Hall–Kier alpha value is -1.62. The highest BCUT2D eigenvalue weighted by Crippen LogP contribution is 2.10. The Labute approximate surface area is 107 Å². The Morgan fingerprint density at radius 2 is 2.29 bits per heavy atom. The molecule has 0 N–H and O–H groups in total. The van der Waals surface area contributed by atoms with Crippen LogP contribution < -0.4 is 0 Å². The second-order valence-electron chi connectivity index (χ2n) is 3.64. The van der Waals surface area contributed by atoms with Gasteiger partial charge in [-0.3, -0.25) is 4.79 Å². The van der Waals surface area contributed by atoms with E-state index >= 15 is 0 Å². The average Bonchev–Trinajstić information content (AvgIpc) is 2.80. The summed E-state index contributed by atoms with van der Waals surface area (Å²) in [6.07, 6.45) is 3.21. The molecule has 0 fully saturated rings. The van der Waals surface area contributed by atoms with Crippen molar-refractivity contribution in [3.63, 3.8) is 0 Å². The number of nitrogens with zero attached hydrogens (tertiary/aromatic N) is 2. The molecular weight excluding hydrogens is 284 g/mol. The van der Waals surface area contributed by atoms with E-state index in [9.17, 15) is 4.79 Å². The van der Waals surface area contributed by atoms with E-state index in [-0.39, 0.29) is 5.91 Å². The first-order chi connectivity index (χ1) is 8.16. The molecular formula is C12H11BrN2O2. The van der Waals surface area contributed by atoms with Gasteiger partial charge in [-0.05, 0) is 34.1 Å². The van der Waals surface area contributed by atoms with Crippen LogP contribution in [-0.4, -0.2) is 22.8 Å². The van der Waals surface area contributed by atoms with E-state index in [0.717, 1.165) is 5.56 Å². The fraction of sp³-hybridized carbons (Fsp3) is 0.167. The second kappa shape index (κ2) is 5.14. The van der Waals surface area contributed by atoms with E-state index in [1.54, 1.807) is 42.7 Å². The van der Waals surface area contributed by atoms with Gasteiger partial charge >= 0.3 is 0 Å². The Morgan fingerprint density at radius 1 is 1.47 bits per heavy atom. The van der Waals surface area contributed by atoms with Crippen molar-refractivity contribution in [3.8, 4) is 0 Å². The van der Waals surface area contributed by atoms with Crippen LogP contribution in [0, 0.1) is 0 Å². The molecule has 0 aliphatic carbocycles. The topological polar surface area (TPSA) is 46.3 Å². The molecule has 1 amide bonds. The number of rotatable bonds is 3. The quantitative estimate of drug-likeness (QED) is 0.818. The Balaban J connectivity index is 2.09. The smallest absolute Gasteiger partial charge is 0.272 e. The lowest BCUT2D eigenvalue weighted by Crippen LogP contribution is -2.26. The predicted octanol–water partition coefficient (Wildman–Crippen LogP) is 2.71. The predicted molar refractivity (Wildman–Crippen MR) is 66.4 cm³/mol. The van der Waals surface area contributed by atoms with Crippen molar-refractivity contribution in [1.29, 1.82) is 0 Å². The molecule has 0 aliphatic rings. The SMILES string of the molecule is CN(Cc1ccoc1)C(=O)c1cccc(Br)n1. The standard InChI is InChI=1S/C12H11BrN2O2/c1-15(7-9-5-6-17-8-9)12(16)10-3-2-4-11(13)14-10/h2-6,8H,7H2,1H3. The van der Waals surface area contributed by atoms with Crippen LogP contribution in [0.15, 0.2) is 45.8 Å². The lowest BCUT2D eigenvalue weighted by molar-refractivity contribution is 0.0779. The van der Waals surface area contributed by atoms with Crippen molar-refractivity contribution in [3.05, 3.63) is 52.7 Å². The molecule has 0 atom stereocenters. The van der Waals surface area contributed by atoms with Gasteiger partial charge in [0.2, 0.25) is 0 Å². The zero-order valence-electron chi connectivity index (χ0n) is 9.26. The summed E-state index contributed by atoms with van der Waals surface area (Å²) in [5.74, 6) is -0.118. The molecule has 2 heterocycles. The number of furan rings is 1. The number of carbonyl (C=O) groups is 1. The van der Waals surface area contributed by atoms with E-state index in [0.29, 0.717) is 16.8 Å². The molecule has 0 unspecified atom stereocenters. The summed E-state index contributed by atoms with van der Waals surface area (Å²) in [4.78, 5) is 17.8. The van der Waals surface area contributed by atoms with Crippen LogP contribution in [0.1, 0.15) is 16.1 Å². The van der Waals surface area contributed by atoms with E-state index < -0.39 is 0 Å². The Bertz CT molecular complexity index is 511. The molecule has 0 bridgehead atoms. The molecule has 2 rings (SSSR count). The van der Waals surface area contributed by atoms with E-state index in [2.05, 4.69) is 20.9 Å². The van der Waals surface area contributed by atoms with Gasteiger partial charge in [0, 0.05) is 19.2 Å². The maximum atomic E-state index is 12.0. The van der Waals surface area contributed by atoms with Crippen LogP contribution in [-0.2, 0) is 6.54 Å². The minimum absolute atomic E-state index is 0.118. The molecule has 0 radical (unpaired) electrons. The highest BCUT2D eigenvalue weighted by Gasteiger charge is 2.13. The molecule has 0 saturated heterocycles. The van der Waals surface area contributed by atoms with E-state index in [1.807, 2.05) is 6.07 Å². The van der Waals surface area contributed by atoms with Crippen molar-refractivity contribution < 1.29 is 9.21 Å². The fourth-order valence-corrected chi connectivity index (χ4v) is 1.79. The monoisotopic (exact) mass is 294 g/mol. The summed E-state index contributed by atoms with van der Waals surface area (Å²) < 4.78 is 5.61. The van der Waals surface area contributed by atoms with Gasteiger partial charge in [-0.15, -0.1) is 0 Å². The van der Waals surface area contributed by atoms with Gasteiger partial charge in [0.25, 0.3) is 5.91 Å². The van der Waals surface area contributed by atoms with Gasteiger partial charge in [-0.1, -0.05) is 6.07 Å². The van der Waals surface area contributed by atoms with Gasteiger partial charge in [-0.2, -0.15) is 0 Å². The minimum atomic E-state index is -0.118. The number of hydrogen-bond donors (Lipinski definition) is 0. The van der Waals surface area contributed by atoms with Crippen molar-refractivity contribution in [2.75, 3.05) is 7.05 Å². The maximum absolute atomic E-state index is 12.0. The van der Waals surface area contributed by atoms with Crippen LogP contribution >= 0.6 is 15.9 Å². The molecule has 88 valence electrons. The summed E-state index contributed by atoms with van der Waals surface area (Å²) >= 11 is 3.24. The molecule has 0 saturated carbocycles. The van der Waals surface area contributed by atoms with Crippen LogP contribution in [0.5, 0.6) is 0 Å². The highest BCUT2D eigenvalue weighted by molar-refractivity contribution is 9.10. The Morgan fingerprint density at radius 3 is 2.94 bits per heavy atom. The first-order valence-electron chi connectivity index (χ1n) is 5.06. The zero-order valence-corrected chi connectivity index (χ0v) is 10.8. The van der Waals surface area contributed by atoms with Gasteiger partial charge < -0.3 is 9.32 Å². The third kappa shape index (κ3) is 2.94. The van der Waals surface area contributed by atoms with Crippen molar-refractivity contribution in [2.24, 2.45) is 0 Å². The number of aromatic nitrogens is 1. The number of pyridine rings is 1. The lowest BCUT2D eigenvalue weighted by Gasteiger charge is -2.15. The average molecular weight is 295 g/mol. The normalized spacial score (nSPS) is 10.2. The summed E-state index contributed by atoms with van der Waals surface area (Å²) in [7, 11) is 1.73. The molecule has 17 heavy (non-hydrogen) atoms. The number of carbonyl (C=O) groups excluding carboxylic acids is 1. The maximum Gasteiger partial charge on any atom is 0.272 e. The van der Waals surface area contributed by atoms with Gasteiger partial charge in [0.1, 0.15) is 10.3 Å². The number of amides is 1. The molecule has 5 heteroatoms. The number of hydrogen-bond acceptors (Lipinski definition) is 3. The Kier molecular flexibility index (Phi) is 3.58. The minimum Gasteiger partial charge on any atom is -0.472 e. The lowest BCUT2D eigenvalue weighted by atomic mass is 10.3. The van der Waals surface area contributed by atoms with E-state index in [4.69, 9.17) is 4.42 Å². The molecule has 0 aliphatic heterocycles. The van der Waals surface area contributed by atoms with Crippen LogP contribution in [0.4, 0.5) is 0 Å². The first kappa shape index (κ1) is 11.9. The highest BCUT2D eigenvalue weighted by atomic mass is 79.9. The van der Waals surface area contributed by atoms with Gasteiger partial charge in [0.15, 0.2) is 0 Å². The molecule has 2 aromatic rings. The first-order valence-corrected chi connectivity index (χ1v) is 5.85. The molecule has 4 nitrogen and oxygen atoms in total. The summed E-state index contributed by atoms with van der Waals surface area (Å²) in [6.45, 7) is 0.503. The molecule has 0 aromatic carbocycles. The second-order valence-corrected chi connectivity index (χ2v) is 4.45. The van der Waals surface area contributed by atoms with Crippen LogP contribution in [0.3, 0.4) is 0 Å². The summed E-state index contributed by atoms with van der Waals surface area (Å²) in [5, 5.41) is 0. The van der Waals surface area contributed by atoms with Gasteiger partial charge in [0.05, 0.1) is 12.5 Å². The van der Waals surface area contributed by atoms with Crippen molar-refractivity contribution >= 4 is 21.8 Å². The largest absolute Gasteiger partial charge is 0.472 e. The fourth-order valence-electron chi connectivity index (χ4n) is 1.45. The van der Waals surface area contributed by atoms with Crippen LogP contribution in [0.2, 0.25) is 0 Å². The van der Waals surface area contributed by atoms with Crippen LogP contribution in [0.25, 0.3) is 0 Å². The molecule has 0 spiro atoms.